The van der Waals surface area contributed by atoms with Crippen LogP contribution in [0.5, 0.6) is 0 Å². The minimum absolute atomic E-state index is 0.105. The van der Waals surface area contributed by atoms with Gasteiger partial charge in [-0.1, -0.05) is 35.8 Å². The number of benzene rings is 1. The Morgan fingerprint density at radius 3 is 2.58 bits per heavy atom. The quantitative estimate of drug-likeness (QED) is 0.914. The van der Waals surface area contributed by atoms with E-state index in [1.165, 1.54) is 0 Å². The molecule has 2 atom stereocenters. The second-order valence-electron chi connectivity index (χ2n) is 4.61. The van der Waals surface area contributed by atoms with Gasteiger partial charge in [0.2, 0.25) is 5.89 Å². The summed E-state index contributed by atoms with van der Waals surface area (Å²) < 4.78 is 5.23. The Labute approximate surface area is 117 Å². The Morgan fingerprint density at radius 1 is 1.32 bits per heavy atom. The van der Waals surface area contributed by atoms with Crippen molar-refractivity contribution in [2.45, 2.75) is 38.7 Å². The number of hydrogen-bond donors (Lipinski definition) is 1. The standard InChI is InChI=1S/C14H17ClN2O2/c1-3-12(9(2)18)14-16-13(17-19-14)8-10-4-6-11(15)7-5-10/h4-7,9,12,18H,3,8H2,1-2H3. The Bertz CT molecular complexity index is 522. The normalized spacial score (nSPS) is 14.3. The molecule has 0 aliphatic carbocycles. The molecule has 0 aliphatic rings. The lowest BCUT2D eigenvalue weighted by molar-refractivity contribution is 0.141. The van der Waals surface area contributed by atoms with E-state index < -0.39 is 6.10 Å². The summed E-state index contributed by atoms with van der Waals surface area (Å²) in [5.41, 5.74) is 1.07. The summed E-state index contributed by atoms with van der Waals surface area (Å²) in [4.78, 5) is 4.35. The van der Waals surface area contributed by atoms with Crippen LogP contribution in [-0.2, 0) is 6.42 Å². The average Bonchev–Trinajstić information content (AvgIpc) is 2.81. The van der Waals surface area contributed by atoms with Crippen molar-refractivity contribution in [1.29, 1.82) is 0 Å². The maximum Gasteiger partial charge on any atom is 0.232 e. The highest BCUT2D eigenvalue weighted by atomic mass is 35.5. The predicted octanol–water partition coefficient (Wildman–Crippen LogP) is 3.19. The zero-order valence-electron chi connectivity index (χ0n) is 11.0. The lowest BCUT2D eigenvalue weighted by Gasteiger charge is -2.12. The number of hydrogen-bond acceptors (Lipinski definition) is 4. The molecule has 0 saturated heterocycles. The Balaban J connectivity index is 2.10. The third-order valence-electron chi connectivity index (χ3n) is 3.10. The zero-order valence-corrected chi connectivity index (χ0v) is 11.8. The van der Waals surface area contributed by atoms with Gasteiger partial charge in [0.05, 0.1) is 12.0 Å². The molecule has 1 aromatic carbocycles. The van der Waals surface area contributed by atoms with Crippen molar-refractivity contribution in [2.24, 2.45) is 0 Å². The van der Waals surface area contributed by atoms with Crippen molar-refractivity contribution in [2.75, 3.05) is 0 Å². The molecule has 0 radical (unpaired) electrons. The molecule has 0 saturated carbocycles. The van der Waals surface area contributed by atoms with Gasteiger partial charge < -0.3 is 9.63 Å². The van der Waals surface area contributed by atoms with Crippen molar-refractivity contribution in [3.8, 4) is 0 Å². The van der Waals surface area contributed by atoms with Crippen LogP contribution in [0.2, 0.25) is 5.02 Å². The molecule has 2 rings (SSSR count). The fourth-order valence-corrected chi connectivity index (χ4v) is 2.12. The lowest BCUT2D eigenvalue weighted by atomic mass is 10.0. The minimum Gasteiger partial charge on any atom is -0.393 e. The highest BCUT2D eigenvalue weighted by Gasteiger charge is 2.21. The number of aromatic nitrogens is 2. The van der Waals surface area contributed by atoms with E-state index in [9.17, 15) is 5.11 Å². The fourth-order valence-electron chi connectivity index (χ4n) is 2.00. The first-order valence-electron chi connectivity index (χ1n) is 6.35. The molecule has 0 aliphatic heterocycles. The Morgan fingerprint density at radius 2 is 2.00 bits per heavy atom. The third kappa shape index (κ3) is 3.55. The van der Waals surface area contributed by atoms with Crippen molar-refractivity contribution < 1.29 is 9.63 Å². The van der Waals surface area contributed by atoms with Gasteiger partial charge in [0.15, 0.2) is 5.82 Å². The van der Waals surface area contributed by atoms with Crippen molar-refractivity contribution >= 4 is 11.6 Å². The van der Waals surface area contributed by atoms with Crippen LogP contribution in [0.4, 0.5) is 0 Å². The van der Waals surface area contributed by atoms with E-state index in [2.05, 4.69) is 10.1 Å². The van der Waals surface area contributed by atoms with Gasteiger partial charge in [-0.15, -0.1) is 0 Å². The summed E-state index contributed by atoms with van der Waals surface area (Å²) in [5.74, 6) is 1.02. The molecule has 1 N–H and O–H groups in total. The molecule has 0 bridgehead atoms. The van der Waals surface area contributed by atoms with Crippen molar-refractivity contribution in [1.82, 2.24) is 10.1 Å². The fraction of sp³-hybridized carbons (Fsp3) is 0.429. The van der Waals surface area contributed by atoms with Gasteiger partial charge in [-0.3, -0.25) is 0 Å². The van der Waals surface area contributed by atoms with E-state index in [0.29, 0.717) is 23.2 Å². The first kappa shape index (κ1) is 14.0. The van der Waals surface area contributed by atoms with E-state index >= 15 is 0 Å². The van der Waals surface area contributed by atoms with Gasteiger partial charge >= 0.3 is 0 Å². The van der Waals surface area contributed by atoms with Gasteiger partial charge in [0.25, 0.3) is 0 Å². The maximum absolute atomic E-state index is 9.65. The average molecular weight is 281 g/mol. The van der Waals surface area contributed by atoms with E-state index in [0.717, 1.165) is 12.0 Å². The van der Waals surface area contributed by atoms with Crippen LogP contribution in [-0.4, -0.2) is 21.4 Å². The maximum atomic E-state index is 9.65. The molecule has 0 fully saturated rings. The minimum atomic E-state index is -0.492. The van der Waals surface area contributed by atoms with Crippen LogP contribution < -0.4 is 0 Å². The number of halogens is 1. The predicted molar refractivity (Wildman–Crippen MR) is 73.3 cm³/mol. The largest absolute Gasteiger partial charge is 0.393 e. The van der Waals surface area contributed by atoms with Gasteiger partial charge in [0.1, 0.15) is 0 Å². The molecule has 0 spiro atoms. The topological polar surface area (TPSA) is 59.2 Å². The van der Waals surface area contributed by atoms with Crippen LogP contribution in [0.25, 0.3) is 0 Å². The molecule has 5 heteroatoms. The molecule has 0 amide bonds. The third-order valence-corrected chi connectivity index (χ3v) is 3.35. The molecule has 2 unspecified atom stereocenters. The molecular formula is C14H17ClN2O2. The first-order chi connectivity index (χ1) is 9.10. The van der Waals surface area contributed by atoms with E-state index in [1.54, 1.807) is 6.92 Å². The van der Waals surface area contributed by atoms with Crippen LogP contribution in [0.1, 0.15) is 43.5 Å². The number of aliphatic hydroxyl groups is 1. The zero-order chi connectivity index (χ0) is 13.8. The number of nitrogens with zero attached hydrogens (tertiary/aromatic N) is 2. The van der Waals surface area contributed by atoms with Gasteiger partial charge in [0, 0.05) is 11.4 Å². The summed E-state index contributed by atoms with van der Waals surface area (Å²) in [6.07, 6.45) is 0.866. The second-order valence-corrected chi connectivity index (χ2v) is 5.04. The smallest absolute Gasteiger partial charge is 0.232 e. The Hall–Kier alpha value is -1.39. The van der Waals surface area contributed by atoms with Gasteiger partial charge in [-0.2, -0.15) is 4.98 Å². The monoisotopic (exact) mass is 280 g/mol. The molecule has 2 aromatic rings. The van der Waals surface area contributed by atoms with Crippen LogP contribution in [0, 0.1) is 0 Å². The second kappa shape index (κ2) is 6.17. The molecule has 4 nitrogen and oxygen atoms in total. The van der Waals surface area contributed by atoms with Crippen LogP contribution >= 0.6 is 11.6 Å². The summed E-state index contributed by atoms with van der Waals surface area (Å²) in [7, 11) is 0. The molecular weight excluding hydrogens is 264 g/mol. The van der Waals surface area contributed by atoms with Crippen LogP contribution in [0.3, 0.4) is 0 Å². The van der Waals surface area contributed by atoms with E-state index in [4.69, 9.17) is 16.1 Å². The summed E-state index contributed by atoms with van der Waals surface area (Å²) >= 11 is 5.84. The molecule has 102 valence electrons. The highest BCUT2D eigenvalue weighted by molar-refractivity contribution is 6.30. The Kier molecular flexibility index (Phi) is 4.56. The molecule has 1 heterocycles. The summed E-state index contributed by atoms with van der Waals surface area (Å²) in [6, 6.07) is 7.54. The molecule has 1 aromatic heterocycles. The van der Waals surface area contributed by atoms with Crippen molar-refractivity contribution in [3.63, 3.8) is 0 Å². The van der Waals surface area contributed by atoms with Gasteiger partial charge in [-0.25, -0.2) is 0 Å². The van der Waals surface area contributed by atoms with Gasteiger partial charge in [-0.05, 0) is 31.0 Å². The van der Waals surface area contributed by atoms with E-state index in [1.807, 2.05) is 31.2 Å². The number of rotatable bonds is 5. The van der Waals surface area contributed by atoms with Crippen molar-refractivity contribution in [3.05, 3.63) is 46.6 Å². The first-order valence-corrected chi connectivity index (χ1v) is 6.73. The molecule has 19 heavy (non-hydrogen) atoms. The van der Waals surface area contributed by atoms with E-state index in [-0.39, 0.29) is 5.92 Å². The summed E-state index contributed by atoms with van der Waals surface area (Å²) in [6.45, 7) is 3.72. The lowest BCUT2D eigenvalue weighted by Crippen LogP contribution is -2.14. The SMILES string of the molecule is CCC(c1nc(Cc2ccc(Cl)cc2)no1)C(C)O. The highest BCUT2D eigenvalue weighted by Crippen LogP contribution is 2.22. The number of aliphatic hydroxyl groups excluding tert-OH is 1. The van der Waals surface area contributed by atoms with Crippen LogP contribution in [0.15, 0.2) is 28.8 Å². The summed E-state index contributed by atoms with van der Waals surface area (Å²) in [5, 5.41) is 14.3.